The Bertz CT molecular complexity index is 1680. The number of fused-ring (bicyclic) bond motifs is 1. The normalized spacial score (nSPS) is 14.5. The first-order valence-electron chi connectivity index (χ1n) is 13.8. The lowest BCUT2D eigenvalue weighted by atomic mass is 9.96. The van der Waals surface area contributed by atoms with Crippen molar-refractivity contribution in [2.45, 2.75) is 31.1 Å². The molecular weight excluding hydrogens is 650 g/mol. The Kier molecular flexibility index (Phi) is 12.8. The number of halogens is 1. The Labute approximate surface area is 278 Å². The van der Waals surface area contributed by atoms with Crippen LogP contribution in [0.5, 0.6) is 5.75 Å². The van der Waals surface area contributed by atoms with Crippen LogP contribution in [0.4, 0.5) is 4.39 Å². The van der Waals surface area contributed by atoms with Crippen molar-refractivity contribution in [2.24, 2.45) is 4.58 Å². The Balaban J connectivity index is 0.00000148. The highest BCUT2D eigenvalue weighted by molar-refractivity contribution is 8.82. The molecule has 0 radical (unpaired) electrons. The summed E-state index contributed by atoms with van der Waals surface area (Å²) in [6.45, 7) is 5.70. The van der Waals surface area contributed by atoms with Gasteiger partial charge >= 0.3 is 5.97 Å². The Morgan fingerprint density at radius 2 is 1.80 bits per heavy atom. The summed E-state index contributed by atoms with van der Waals surface area (Å²) in [5.74, 6) is 0.265. The van der Waals surface area contributed by atoms with E-state index in [1.165, 1.54) is 11.0 Å². The molecule has 1 heterocycles. The van der Waals surface area contributed by atoms with Crippen LogP contribution in [0.15, 0.2) is 93.3 Å². The molecule has 1 aliphatic carbocycles. The third-order valence-electron chi connectivity index (χ3n) is 7.04. The fourth-order valence-corrected chi connectivity index (χ4v) is 7.70. The Morgan fingerprint density at radius 3 is 2.42 bits per heavy atom. The summed E-state index contributed by atoms with van der Waals surface area (Å²) in [6, 6.07) is 19.1. The number of carbonyl (C=O) groups is 2. The molecule has 0 atom stereocenters. The zero-order valence-electron chi connectivity index (χ0n) is 24.6. The van der Waals surface area contributed by atoms with Gasteiger partial charge in [0.2, 0.25) is 0 Å². The number of carboxylic acid groups (broad SMARTS) is 1. The summed E-state index contributed by atoms with van der Waals surface area (Å²) in [4.78, 5) is 35.2. The molecule has 45 heavy (non-hydrogen) atoms. The highest BCUT2D eigenvalue weighted by Gasteiger charge is 2.28. The summed E-state index contributed by atoms with van der Waals surface area (Å²) >= 11 is 2.63. The van der Waals surface area contributed by atoms with E-state index in [2.05, 4.69) is 41.5 Å². The standard InChI is InChI=1S/C33H28FNO3S4.CH2O2/c1-20-15-32(42-41-20)23-8-10-25(11-9-23)38-33(36)19-28-21(2)27(16-22-6-12-26(39-3)13-7-22)29-17-24(5-4-14-40-35-37)31(34)18-30(28)29;2-1-3/h6-13,15-18H,1,4-5,14,19H2,2-3H3;1H,(H,2,3)/b27-16-;. The number of carbonyl (C=O) groups excluding carboxylic acids is 1. The van der Waals surface area contributed by atoms with E-state index in [1.54, 1.807) is 45.5 Å². The van der Waals surface area contributed by atoms with Crippen LogP contribution in [-0.4, -0.2) is 29.6 Å². The summed E-state index contributed by atoms with van der Waals surface area (Å²) < 4.78 is 23.8. The van der Waals surface area contributed by atoms with E-state index in [-0.39, 0.29) is 18.7 Å². The number of ether oxygens (including phenoxy) is 1. The quantitative estimate of drug-likeness (QED) is 0.0311. The molecule has 5 rings (SSSR count). The van der Waals surface area contributed by atoms with Gasteiger partial charge in [-0.05, 0) is 119 Å². The second-order valence-electron chi connectivity index (χ2n) is 9.86. The van der Waals surface area contributed by atoms with Crippen LogP contribution in [0.2, 0.25) is 0 Å². The molecule has 2 aliphatic rings. The highest BCUT2D eigenvalue weighted by Crippen LogP contribution is 2.49. The molecule has 0 bridgehead atoms. The fourth-order valence-electron chi connectivity index (χ4n) is 4.92. The molecule has 0 amide bonds. The Hall–Kier alpha value is -3.51. The molecule has 0 saturated carbocycles. The minimum Gasteiger partial charge on any atom is -0.483 e. The topological polar surface area (TPSA) is 93.0 Å². The number of hydrogen-bond donors (Lipinski definition) is 1. The van der Waals surface area contributed by atoms with Gasteiger partial charge in [0.1, 0.15) is 11.6 Å². The lowest BCUT2D eigenvalue weighted by Gasteiger charge is -2.11. The van der Waals surface area contributed by atoms with Gasteiger partial charge in [-0.15, -0.1) is 16.7 Å². The summed E-state index contributed by atoms with van der Waals surface area (Å²) in [6.07, 6.45) is 7.31. The van der Waals surface area contributed by atoms with Crippen LogP contribution in [0, 0.1) is 10.7 Å². The monoisotopic (exact) mass is 679 g/mol. The van der Waals surface area contributed by atoms with Gasteiger partial charge in [-0.2, -0.15) is 0 Å². The smallest absolute Gasteiger partial charge is 0.315 e. The predicted octanol–water partition coefficient (Wildman–Crippen LogP) is 10.2. The van der Waals surface area contributed by atoms with Gasteiger partial charge in [-0.1, -0.05) is 52.4 Å². The van der Waals surface area contributed by atoms with E-state index in [0.717, 1.165) is 55.2 Å². The number of nitroso groups, excluding NO2 is 1. The zero-order chi connectivity index (χ0) is 32.3. The van der Waals surface area contributed by atoms with E-state index in [1.807, 2.05) is 37.5 Å². The molecule has 232 valence electrons. The van der Waals surface area contributed by atoms with Gasteiger partial charge in [0.15, 0.2) is 0 Å². The molecule has 1 aliphatic heterocycles. The van der Waals surface area contributed by atoms with Crippen LogP contribution < -0.4 is 4.74 Å². The van der Waals surface area contributed by atoms with E-state index < -0.39 is 5.97 Å². The van der Waals surface area contributed by atoms with E-state index in [4.69, 9.17) is 14.6 Å². The zero-order valence-corrected chi connectivity index (χ0v) is 27.8. The lowest BCUT2D eigenvalue weighted by molar-refractivity contribution is -0.133. The number of allylic oxidation sites excluding steroid dienone is 3. The molecule has 6 nitrogen and oxygen atoms in total. The predicted molar refractivity (Wildman–Crippen MR) is 189 cm³/mol. The molecule has 11 heteroatoms. The second kappa shape index (κ2) is 16.7. The van der Waals surface area contributed by atoms with Crippen LogP contribution in [-0.2, 0) is 16.0 Å². The second-order valence-corrected chi connectivity index (χ2v) is 13.9. The van der Waals surface area contributed by atoms with E-state index >= 15 is 4.39 Å². The first-order chi connectivity index (χ1) is 21.8. The van der Waals surface area contributed by atoms with Crippen molar-refractivity contribution in [2.75, 3.05) is 12.0 Å². The van der Waals surface area contributed by atoms with Crippen LogP contribution in [0.1, 0.15) is 47.6 Å². The van der Waals surface area contributed by atoms with Crippen molar-refractivity contribution in [3.8, 4) is 5.75 Å². The largest absolute Gasteiger partial charge is 0.483 e. The number of thioether (sulfide) groups is 1. The third kappa shape index (κ3) is 9.03. The van der Waals surface area contributed by atoms with Crippen molar-refractivity contribution in [3.63, 3.8) is 0 Å². The van der Waals surface area contributed by atoms with Gasteiger partial charge in [0.05, 0.1) is 6.42 Å². The number of benzene rings is 3. The van der Waals surface area contributed by atoms with Crippen molar-refractivity contribution >= 4 is 79.9 Å². The molecule has 0 aromatic heterocycles. The first-order valence-corrected chi connectivity index (χ1v) is 18.1. The number of rotatable bonds is 11. The van der Waals surface area contributed by atoms with Crippen LogP contribution in [0.25, 0.3) is 22.1 Å². The van der Waals surface area contributed by atoms with Crippen molar-refractivity contribution in [1.82, 2.24) is 0 Å². The maximum atomic E-state index is 15.3. The van der Waals surface area contributed by atoms with E-state index in [9.17, 15) is 9.70 Å². The molecule has 0 saturated heterocycles. The maximum Gasteiger partial charge on any atom is 0.315 e. The molecule has 3 aromatic carbocycles. The SMILES string of the molecule is C=C1C=C(c2ccc(OC(=O)CC3=C(C)/C(=C/c4ccc(SC)cc4)c4cc(CCCSN=O)c(F)cc43)cc2)SS1.O=CO. The minimum absolute atomic E-state index is 0.0151. The number of hydrogen-bond acceptors (Lipinski definition) is 9. The maximum absolute atomic E-state index is 15.3. The van der Waals surface area contributed by atoms with Gasteiger partial charge < -0.3 is 9.84 Å². The van der Waals surface area contributed by atoms with Gasteiger partial charge in [-0.25, -0.2) is 4.39 Å². The summed E-state index contributed by atoms with van der Waals surface area (Å²) in [7, 11) is 3.29. The summed E-state index contributed by atoms with van der Waals surface area (Å²) in [5.41, 5.74) is 6.89. The van der Waals surface area contributed by atoms with Crippen molar-refractivity contribution in [1.29, 1.82) is 0 Å². The van der Waals surface area contributed by atoms with Crippen molar-refractivity contribution in [3.05, 3.63) is 122 Å². The van der Waals surface area contributed by atoms with Gasteiger partial charge in [0, 0.05) is 37.0 Å². The Morgan fingerprint density at radius 1 is 1.09 bits per heavy atom. The number of esters is 1. The van der Waals surface area contributed by atoms with Gasteiger partial charge in [-0.3, -0.25) is 9.59 Å². The fraction of sp³-hybridized carbons (Fsp3) is 0.176. The summed E-state index contributed by atoms with van der Waals surface area (Å²) in [5, 5.41) is 6.89. The lowest BCUT2D eigenvalue weighted by Crippen LogP contribution is -2.09. The number of aryl methyl sites for hydroxylation is 1. The molecular formula is C34H30FNO5S4. The molecule has 1 N–H and O–H groups in total. The average Bonchev–Trinajstić information content (AvgIpc) is 3.57. The molecule has 0 unspecified atom stereocenters. The van der Waals surface area contributed by atoms with Gasteiger partial charge in [0.25, 0.3) is 6.47 Å². The third-order valence-corrected chi connectivity index (χ3v) is 10.7. The van der Waals surface area contributed by atoms with Crippen LogP contribution in [0.3, 0.4) is 0 Å². The first kappa shape index (κ1) is 34.4. The molecule has 0 spiro atoms. The number of nitrogens with zero attached hydrogens (tertiary/aromatic N) is 1. The van der Waals surface area contributed by atoms with Crippen LogP contribution >= 0.6 is 45.3 Å². The van der Waals surface area contributed by atoms with Crippen molar-refractivity contribution < 1.29 is 23.8 Å². The molecule has 0 fully saturated rings. The molecule has 3 aromatic rings. The average molecular weight is 680 g/mol. The minimum atomic E-state index is -0.408. The highest BCUT2D eigenvalue weighted by atomic mass is 33.1. The van der Waals surface area contributed by atoms with E-state index in [0.29, 0.717) is 35.5 Å².